The van der Waals surface area contributed by atoms with Gasteiger partial charge in [-0.3, -0.25) is 5.32 Å². The number of hydrogen-bond acceptors (Lipinski definition) is 5. The van der Waals surface area contributed by atoms with E-state index in [0.717, 1.165) is 6.61 Å². The van der Waals surface area contributed by atoms with Crippen molar-refractivity contribution in [3.63, 3.8) is 0 Å². The van der Waals surface area contributed by atoms with Gasteiger partial charge < -0.3 is 10.1 Å². The molecule has 3 rings (SSSR count). The van der Waals surface area contributed by atoms with Gasteiger partial charge in [-0.1, -0.05) is 22.9 Å². The molecule has 134 valence electrons. The van der Waals surface area contributed by atoms with Crippen molar-refractivity contribution in [2.45, 2.75) is 19.8 Å². The van der Waals surface area contributed by atoms with Crippen molar-refractivity contribution in [3.05, 3.63) is 28.9 Å². The summed E-state index contributed by atoms with van der Waals surface area (Å²) in [7, 11) is 0. The van der Waals surface area contributed by atoms with Gasteiger partial charge in [-0.2, -0.15) is 4.39 Å². The fourth-order valence-corrected chi connectivity index (χ4v) is 3.45. The molecule has 9 heteroatoms. The second kappa shape index (κ2) is 8.07. The summed E-state index contributed by atoms with van der Waals surface area (Å²) in [5.74, 6) is 0.0843. The molecule has 2 amide bonds. The molecule has 0 spiro atoms. The lowest BCUT2D eigenvalue weighted by Gasteiger charge is -2.06. The molecule has 0 aliphatic heterocycles. The molecule has 0 bridgehead atoms. The van der Waals surface area contributed by atoms with Crippen molar-refractivity contribution in [2.24, 2.45) is 5.92 Å². The van der Waals surface area contributed by atoms with Gasteiger partial charge in [0.2, 0.25) is 5.95 Å². The quantitative estimate of drug-likeness (QED) is 0.561. The molecule has 1 aliphatic rings. The van der Waals surface area contributed by atoms with Crippen LogP contribution in [0.25, 0.3) is 10.4 Å². The Morgan fingerprint density at radius 3 is 3.08 bits per heavy atom. The van der Waals surface area contributed by atoms with E-state index in [2.05, 4.69) is 20.6 Å². The first-order chi connectivity index (χ1) is 12.0. The van der Waals surface area contributed by atoms with Crippen LogP contribution in [0.5, 0.6) is 0 Å². The molecule has 1 fully saturated rings. The number of amides is 2. The van der Waals surface area contributed by atoms with Gasteiger partial charge in [0.1, 0.15) is 0 Å². The molecule has 0 radical (unpaired) electrons. The molecule has 2 heterocycles. The summed E-state index contributed by atoms with van der Waals surface area (Å²) in [6.07, 6.45) is 3.74. The maximum absolute atomic E-state index is 13.4. The Morgan fingerprint density at radius 1 is 1.52 bits per heavy atom. The first-order valence-electron chi connectivity index (χ1n) is 7.94. The number of carbonyl (C=O) groups excluding carboxylic acids is 1. The molecule has 25 heavy (non-hydrogen) atoms. The van der Waals surface area contributed by atoms with E-state index >= 15 is 0 Å². The minimum Gasteiger partial charge on any atom is -0.379 e. The van der Waals surface area contributed by atoms with Gasteiger partial charge >= 0.3 is 6.03 Å². The summed E-state index contributed by atoms with van der Waals surface area (Å²) in [6.45, 7) is 3.45. The van der Waals surface area contributed by atoms with Crippen molar-refractivity contribution in [3.8, 4) is 10.4 Å². The zero-order valence-corrected chi connectivity index (χ0v) is 15.2. The highest BCUT2D eigenvalue weighted by atomic mass is 35.5. The van der Waals surface area contributed by atoms with Crippen LogP contribution < -0.4 is 10.6 Å². The van der Waals surface area contributed by atoms with Crippen LogP contribution >= 0.6 is 22.9 Å². The van der Waals surface area contributed by atoms with E-state index in [0.29, 0.717) is 45.4 Å². The summed E-state index contributed by atoms with van der Waals surface area (Å²) in [6, 6.07) is 0.895. The Hall–Kier alpha value is -1.77. The van der Waals surface area contributed by atoms with Crippen LogP contribution in [0, 0.1) is 18.8 Å². The van der Waals surface area contributed by atoms with E-state index in [1.54, 1.807) is 6.92 Å². The Bertz CT molecular complexity index is 767. The molecule has 2 N–H and O–H groups in total. The molecule has 1 saturated carbocycles. The van der Waals surface area contributed by atoms with Crippen LogP contribution in [0.3, 0.4) is 0 Å². The predicted octanol–water partition coefficient (Wildman–Crippen LogP) is 3.85. The molecule has 2 aromatic rings. The third-order valence-electron chi connectivity index (χ3n) is 3.67. The fraction of sp³-hybridized carbons (Fsp3) is 0.438. The summed E-state index contributed by atoms with van der Waals surface area (Å²) in [5.41, 5.74) is 1.16. The second-order valence-corrected chi connectivity index (χ2v) is 7.23. The van der Waals surface area contributed by atoms with Crippen molar-refractivity contribution < 1.29 is 13.9 Å². The number of rotatable bonds is 7. The van der Waals surface area contributed by atoms with Crippen LogP contribution in [-0.4, -0.2) is 35.8 Å². The zero-order valence-electron chi connectivity index (χ0n) is 13.6. The minimum absolute atomic E-state index is 0.331. The van der Waals surface area contributed by atoms with E-state index in [1.165, 1.54) is 36.4 Å². The lowest BCUT2D eigenvalue weighted by molar-refractivity contribution is 0.127. The first-order valence-corrected chi connectivity index (χ1v) is 9.14. The van der Waals surface area contributed by atoms with Gasteiger partial charge in [0.15, 0.2) is 5.13 Å². The van der Waals surface area contributed by atoms with Crippen LogP contribution in [0.15, 0.2) is 12.3 Å². The van der Waals surface area contributed by atoms with Gasteiger partial charge in [0.05, 0.1) is 22.2 Å². The highest BCUT2D eigenvalue weighted by molar-refractivity contribution is 7.19. The number of nitrogens with zero attached hydrogens (tertiary/aromatic N) is 2. The number of ether oxygens (including phenoxy) is 1. The average Bonchev–Trinajstić information content (AvgIpc) is 3.32. The third kappa shape index (κ3) is 5.10. The smallest absolute Gasteiger partial charge is 0.321 e. The summed E-state index contributed by atoms with van der Waals surface area (Å²) in [5, 5.41) is 6.12. The maximum Gasteiger partial charge on any atom is 0.321 e. The van der Waals surface area contributed by atoms with E-state index in [1.807, 2.05) is 0 Å². The molecule has 0 unspecified atom stereocenters. The topological polar surface area (TPSA) is 76.1 Å². The van der Waals surface area contributed by atoms with Gasteiger partial charge in [-0.25, -0.2) is 14.8 Å². The van der Waals surface area contributed by atoms with Gasteiger partial charge in [-0.05, 0) is 25.7 Å². The highest BCUT2D eigenvalue weighted by Crippen LogP contribution is 2.36. The summed E-state index contributed by atoms with van der Waals surface area (Å²) >= 11 is 7.31. The van der Waals surface area contributed by atoms with E-state index in [4.69, 9.17) is 16.3 Å². The number of aryl methyl sites for hydroxylation is 1. The monoisotopic (exact) mass is 384 g/mol. The van der Waals surface area contributed by atoms with Gasteiger partial charge in [0.25, 0.3) is 0 Å². The number of aromatic nitrogens is 2. The van der Waals surface area contributed by atoms with Crippen molar-refractivity contribution in [1.82, 2.24) is 15.3 Å². The summed E-state index contributed by atoms with van der Waals surface area (Å²) < 4.78 is 18.8. The SMILES string of the molecule is Cc1nc(NC(=O)NCCOCC2CC2)sc1-c1cc(F)ncc1Cl. The zero-order chi connectivity index (χ0) is 17.8. The normalized spacial score (nSPS) is 13.7. The van der Waals surface area contributed by atoms with Crippen LogP contribution in [0.1, 0.15) is 18.5 Å². The Balaban J connectivity index is 1.54. The maximum atomic E-state index is 13.4. The Labute approximate surface area is 153 Å². The summed E-state index contributed by atoms with van der Waals surface area (Å²) in [4.78, 5) is 20.4. The van der Waals surface area contributed by atoms with Crippen LogP contribution in [0.4, 0.5) is 14.3 Å². The van der Waals surface area contributed by atoms with Gasteiger partial charge in [0, 0.05) is 31.0 Å². The van der Waals surface area contributed by atoms with Crippen LogP contribution in [-0.2, 0) is 4.74 Å². The lowest BCUT2D eigenvalue weighted by atomic mass is 10.2. The number of nitrogens with one attached hydrogen (secondary N) is 2. The number of halogens is 2. The Kier molecular flexibility index (Phi) is 5.82. The van der Waals surface area contributed by atoms with Crippen molar-refractivity contribution in [1.29, 1.82) is 0 Å². The van der Waals surface area contributed by atoms with E-state index in [9.17, 15) is 9.18 Å². The molecule has 0 aromatic carbocycles. The number of carbonyl (C=O) groups is 1. The number of hydrogen-bond donors (Lipinski definition) is 2. The molecular weight excluding hydrogens is 367 g/mol. The number of urea groups is 1. The largest absolute Gasteiger partial charge is 0.379 e. The molecule has 1 aliphatic carbocycles. The average molecular weight is 385 g/mol. The molecule has 2 aromatic heterocycles. The van der Waals surface area contributed by atoms with Gasteiger partial charge in [-0.15, -0.1) is 0 Å². The number of thiazole rings is 1. The molecule has 0 atom stereocenters. The minimum atomic E-state index is -0.620. The standard InChI is InChI=1S/C16H18ClFN4O2S/c1-9-14(11-6-13(18)20-7-12(11)17)25-16(21-9)22-15(23)19-4-5-24-8-10-2-3-10/h6-7,10H,2-5,8H2,1H3,(H2,19,21,22,23). The highest BCUT2D eigenvalue weighted by Gasteiger charge is 2.21. The number of pyridine rings is 1. The predicted molar refractivity (Wildman–Crippen MR) is 95.6 cm³/mol. The molecular formula is C16H18ClFN4O2S. The Morgan fingerprint density at radius 2 is 2.32 bits per heavy atom. The second-order valence-electron chi connectivity index (χ2n) is 5.82. The van der Waals surface area contributed by atoms with Crippen molar-refractivity contribution >= 4 is 34.1 Å². The van der Waals surface area contributed by atoms with E-state index < -0.39 is 5.95 Å². The molecule has 0 saturated heterocycles. The van der Waals surface area contributed by atoms with E-state index in [-0.39, 0.29) is 6.03 Å². The first kappa shape index (κ1) is 18.0. The van der Waals surface area contributed by atoms with Crippen LogP contribution in [0.2, 0.25) is 5.02 Å². The molecule has 6 nitrogen and oxygen atoms in total. The third-order valence-corrected chi connectivity index (χ3v) is 5.07. The lowest BCUT2D eigenvalue weighted by Crippen LogP contribution is -2.31. The van der Waals surface area contributed by atoms with Crippen molar-refractivity contribution in [2.75, 3.05) is 25.1 Å². The number of anilines is 1. The fourth-order valence-electron chi connectivity index (χ4n) is 2.20.